The summed E-state index contributed by atoms with van der Waals surface area (Å²) in [7, 11) is 0. The molecule has 0 aliphatic heterocycles. The Bertz CT molecular complexity index is 1400. The Labute approximate surface area is 221 Å². The summed E-state index contributed by atoms with van der Waals surface area (Å²) >= 11 is 8.82. The average molecular weight is 539 g/mol. The van der Waals surface area contributed by atoms with E-state index in [1.165, 1.54) is 23.1 Å². The summed E-state index contributed by atoms with van der Waals surface area (Å²) in [5.74, 6) is 0.161. The Morgan fingerprint density at radius 3 is 2.64 bits per heavy atom. The molecule has 0 atom stereocenters. The maximum absolute atomic E-state index is 13.0. The highest BCUT2D eigenvalue weighted by Gasteiger charge is 2.28. The summed E-state index contributed by atoms with van der Waals surface area (Å²) in [6.45, 7) is 2.07. The van der Waals surface area contributed by atoms with Gasteiger partial charge < -0.3 is 10.1 Å². The number of benzene rings is 2. The molecule has 184 valence electrons. The van der Waals surface area contributed by atoms with Crippen LogP contribution < -0.4 is 5.32 Å². The van der Waals surface area contributed by atoms with Crippen molar-refractivity contribution in [2.45, 2.75) is 31.3 Å². The SMILES string of the molecule is CCOC(=O)c1c(NC(=O)CSc2nnc(-c3ccc(Cl)cc3)n2-c2ccccc2)sc2c1CCC2. The van der Waals surface area contributed by atoms with E-state index < -0.39 is 0 Å². The van der Waals surface area contributed by atoms with Crippen LogP contribution in [0.1, 0.15) is 34.1 Å². The molecule has 7 nitrogen and oxygen atoms in total. The van der Waals surface area contributed by atoms with Gasteiger partial charge in [0.1, 0.15) is 5.00 Å². The average Bonchev–Trinajstić information content (AvgIpc) is 3.58. The van der Waals surface area contributed by atoms with Gasteiger partial charge in [0.25, 0.3) is 0 Å². The fraction of sp³-hybridized carbons (Fsp3) is 0.231. The van der Waals surface area contributed by atoms with Crippen molar-refractivity contribution in [3.05, 3.63) is 75.6 Å². The number of nitrogens with one attached hydrogen (secondary N) is 1. The number of amides is 1. The van der Waals surface area contributed by atoms with Crippen LogP contribution in [0.25, 0.3) is 17.1 Å². The van der Waals surface area contributed by atoms with Gasteiger partial charge in [-0.3, -0.25) is 9.36 Å². The van der Waals surface area contributed by atoms with Gasteiger partial charge in [0.05, 0.1) is 17.9 Å². The molecule has 0 unspecified atom stereocenters. The molecule has 1 N–H and O–H groups in total. The van der Waals surface area contributed by atoms with E-state index in [1.54, 1.807) is 19.1 Å². The van der Waals surface area contributed by atoms with Crippen molar-refractivity contribution in [2.75, 3.05) is 17.7 Å². The molecule has 0 bridgehead atoms. The number of fused-ring (bicyclic) bond motifs is 1. The molecule has 2 aromatic carbocycles. The van der Waals surface area contributed by atoms with Crippen molar-refractivity contribution < 1.29 is 14.3 Å². The molecular formula is C26H23ClN4O3S2. The molecule has 36 heavy (non-hydrogen) atoms. The fourth-order valence-corrected chi connectivity index (χ4v) is 6.33. The first-order valence-corrected chi connectivity index (χ1v) is 13.7. The van der Waals surface area contributed by atoms with Crippen LogP contribution in [0.3, 0.4) is 0 Å². The predicted octanol–water partition coefficient (Wildman–Crippen LogP) is 6.05. The molecule has 2 heterocycles. The first-order valence-electron chi connectivity index (χ1n) is 11.6. The van der Waals surface area contributed by atoms with E-state index in [9.17, 15) is 9.59 Å². The lowest BCUT2D eigenvalue weighted by Gasteiger charge is -2.11. The number of carbonyl (C=O) groups is 2. The molecule has 0 spiro atoms. The molecule has 4 aromatic rings. The number of aryl methyl sites for hydroxylation is 1. The third-order valence-corrected chi connectivity index (χ3v) is 8.12. The normalized spacial score (nSPS) is 12.4. The van der Waals surface area contributed by atoms with E-state index in [0.717, 1.165) is 41.0 Å². The Kier molecular flexibility index (Phi) is 7.41. The summed E-state index contributed by atoms with van der Waals surface area (Å²) < 4.78 is 7.18. The van der Waals surface area contributed by atoms with Crippen molar-refractivity contribution in [3.8, 4) is 17.1 Å². The van der Waals surface area contributed by atoms with Gasteiger partial charge in [0.15, 0.2) is 11.0 Å². The molecule has 5 rings (SSSR count). The molecule has 10 heteroatoms. The number of thiophene rings is 1. The topological polar surface area (TPSA) is 86.1 Å². The monoisotopic (exact) mass is 538 g/mol. The zero-order valence-electron chi connectivity index (χ0n) is 19.5. The van der Waals surface area contributed by atoms with Crippen LogP contribution in [0.5, 0.6) is 0 Å². The lowest BCUT2D eigenvalue weighted by Crippen LogP contribution is -2.17. The standard InChI is InChI=1S/C26H23ClN4O3S2/c1-2-34-25(33)22-19-9-6-10-20(19)36-24(22)28-21(32)15-35-26-30-29-23(16-11-13-17(27)14-12-16)31(26)18-7-4-3-5-8-18/h3-5,7-8,11-14H,2,6,9-10,15H2,1H3,(H,28,32). The number of carbonyl (C=O) groups excluding carboxylic acids is 2. The molecule has 1 aliphatic rings. The van der Waals surface area contributed by atoms with Crippen LogP contribution in [0.4, 0.5) is 5.00 Å². The van der Waals surface area contributed by atoms with Crippen LogP contribution in [0.2, 0.25) is 5.02 Å². The molecule has 0 saturated heterocycles. The zero-order chi connectivity index (χ0) is 25.1. The van der Waals surface area contributed by atoms with Crippen LogP contribution in [0, 0.1) is 0 Å². The fourth-order valence-electron chi connectivity index (χ4n) is 4.16. The molecule has 0 saturated carbocycles. The maximum atomic E-state index is 13.0. The van der Waals surface area contributed by atoms with Gasteiger partial charge in [0, 0.05) is 21.2 Å². The van der Waals surface area contributed by atoms with E-state index in [4.69, 9.17) is 16.3 Å². The lowest BCUT2D eigenvalue weighted by atomic mass is 10.1. The summed E-state index contributed by atoms with van der Waals surface area (Å²) in [4.78, 5) is 26.7. The van der Waals surface area contributed by atoms with Gasteiger partial charge in [-0.15, -0.1) is 21.5 Å². The van der Waals surface area contributed by atoms with Gasteiger partial charge >= 0.3 is 5.97 Å². The Balaban J connectivity index is 1.37. The van der Waals surface area contributed by atoms with Gasteiger partial charge in [-0.1, -0.05) is 41.6 Å². The van der Waals surface area contributed by atoms with Crippen molar-refractivity contribution in [1.29, 1.82) is 0 Å². The number of esters is 1. The van der Waals surface area contributed by atoms with E-state index in [0.29, 0.717) is 26.6 Å². The second kappa shape index (κ2) is 10.9. The minimum absolute atomic E-state index is 0.108. The number of aromatic nitrogens is 3. The van der Waals surface area contributed by atoms with Crippen molar-refractivity contribution in [2.24, 2.45) is 0 Å². The molecule has 2 aromatic heterocycles. The van der Waals surface area contributed by atoms with Crippen LogP contribution in [0.15, 0.2) is 59.8 Å². The first kappa shape index (κ1) is 24.5. The third-order valence-electron chi connectivity index (χ3n) is 5.74. The maximum Gasteiger partial charge on any atom is 0.341 e. The number of para-hydroxylation sites is 1. The summed E-state index contributed by atoms with van der Waals surface area (Å²) in [5.41, 5.74) is 3.26. The molecule has 1 aliphatic carbocycles. The third kappa shape index (κ3) is 5.04. The van der Waals surface area contributed by atoms with Gasteiger partial charge in [-0.05, 0) is 68.1 Å². The number of anilines is 1. The van der Waals surface area contributed by atoms with Crippen LogP contribution >= 0.6 is 34.7 Å². The van der Waals surface area contributed by atoms with Crippen LogP contribution in [-0.2, 0) is 22.4 Å². The Hall–Kier alpha value is -3.14. The quantitative estimate of drug-likeness (QED) is 0.217. The number of nitrogens with zero attached hydrogens (tertiary/aromatic N) is 3. The predicted molar refractivity (Wildman–Crippen MR) is 143 cm³/mol. The highest BCUT2D eigenvalue weighted by atomic mass is 35.5. The van der Waals surface area contributed by atoms with E-state index in [2.05, 4.69) is 15.5 Å². The second-order valence-corrected chi connectivity index (χ2v) is 10.6. The van der Waals surface area contributed by atoms with Gasteiger partial charge in [-0.25, -0.2) is 4.79 Å². The van der Waals surface area contributed by atoms with Crippen molar-refractivity contribution >= 4 is 51.6 Å². The van der Waals surface area contributed by atoms with Gasteiger partial charge in [0.2, 0.25) is 5.91 Å². The number of halogens is 1. The highest BCUT2D eigenvalue weighted by molar-refractivity contribution is 7.99. The molecule has 1 amide bonds. The number of hydrogen-bond acceptors (Lipinski definition) is 7. The van der Waals surface area contributed by atoms with Gasteiger partial charge in [-0.2, -0.15) is 0 Å². The number of ether oxygens (including phenoxy) is 1. The highest BCUT2D eigenvalue weighted by Crippen LogP contribution is 2.39. The zero-order valence-corrected chi connectivity index (χ0v) is 21.9. The Morgan fingerprint density at radius 1 is 1.11 bits per heavy atom. The molecule has 0 fully saturated rings. The summed E-state index contributed by atoms with van der Waals surface area (Å²) in [6, 6.07) is 17.1. The number of rotatable bonds is 8. The van der Waals surface area contributed by atoms with Crippen molar-refractivity contribution in [1.82, 2.24) is 14.8 Å². The van der Waals surface area contributed by atoms with Crippen molar-refractivity contribution in [3.63, 3.8) is 0 Å². The molecule has 0 radical (unpaired) electrons. The summed E-state index contributed by atoms with van der Waals surface area (Å²) in [6.07, 6.45) is 2.77. The minimum Gasteiger partial charge on any atom is -0.462 e. The second-order valence-electron chi connectivity index (χ2n) is 8.10. The largest absolute Gasteiger partial charge is 0.462 e. The van der Waals surface area contributed by atoms with E-state index >= 15 is 0 Å². The van der Waals surface area contributed by atoms with Crippen LogP contribution in [-0.4, -0.2) is 39.0 Å². The number of hydrogen-bond donors (Lipinski definition) is 1. The van der Waals surface area contributed by atoms with E-state index in [-0.39, 0.29) is 24.2 Å². The van der Waals surface area contributed by atoms with E-state index in [1.807, 2.05) is 47.0 Å². The first-order chi connectivity index (χ1) is 17.5. The summed E-state index contributed by atoms with van der Waals surface area (Å²) in [5, 5.41) is 13.5. The lowest BCUT2D eigenvalue weighted by molar-refractivity contribution is -0.113. The number of thioether (sulfide) groups is 1. The Morgan fingerprint density at radius 2 is 1.89 bits per heavy atom. The smallest absolute Gasteiger partial charge is 0.341 e. The molecular weight excluding hydrogens is 516 g/mol. The minimum atomic E-state index is -0.378.